The first-order valence-electron chi connectivity index (χ1n) is 3.83. The summed E-state index contributed by atoms with van der Waals surface area (Å²) in [6.45, 7) is 0.333. The molecule has 2 rings (SSSR count). The number of rotatable bonds is 1. The highest BCUT2D eigenvalue weighted by Crippen LogP contribution is 2.31. The van der Waals surface area contributed by atoms with Gasteiger partial charge in [0.1, 0.15) is 6.29 Å². The van der Waals surface area contributed by atoms with Gasteiger partial charge in [0.2, 0.25) is 5.12 Å². The molecule has 0 saturated heterocycles. The second-order valence-electron chi connectivity index (χ2n) is 2.70. The van der Waals surface area contributed by atoms with Crippen LogP contribution in [0.5, 0.6) is 0 Å². The van der Waals surface area contributed by atoms with Crippen LogP contribution in [0.1, 0.15) is 10.4 Å². The molecule has 1 aromatic carbocycles. The Morgan fingerprint density at radius 2 is 2.31 bits per heavy atom. The average Bonchev–Trinajstić information content (AvgIpc) is 2.17. The maximum atomic E-state index is 11.0. The number of fused-ring (bicyclic) bond motifs is 1. The maximum Gasteiger partial charge on any atom is 0.212 e. The van der Waals surface area contributed by atoms with Crippen molar-refractivity contribution in [3.8, 4) is 0 Å². The van der Waals surface area contributed by atoms with Crippen LogP contribution >= 0.6 is 11.8 Å². The van der Waals surface area contributed by atoms with E-state index in [4.69, 9.17) is 0 Å². The Morgan fingerprint density at radius 1 is 1.46 bits per heavy atom. The number of aldehydes is 1. The number of benzene rings is 1. The molecule has 0 radical (unpaired) electrons. The van der Waals surface area contributed by atoms with Crippen LogP contribution in [0.25, 0.3) is 0 Å². The van der Waals surface area contributed by atoms with Crippen molar-refractivity contribution in [2.24, 2.45) is 0 Å². The Kier molecular flexibility index (Phi) is 2.06. The summed E-state index contributed by atoms with van der Waals surface area (Å²) >= 11 is 1.21. The van der Waals surface area contributed by atoms with E-state index in [-0.39, 0.29) is 5.12 Å². The zero-order chi connectivity index (χ0) is 9.26. The van der Waals surface area contributed by atoms with E-state index in [1.165, 1.54) is 11.8 Å². The lowest BCUT2D eigenvalue weighted by Gasteiger charge is -2.15. The van der Waals surface area contributed by atoms with E-state index in [9.17, 15) is 9.59 Å². The predicted molar refractivity (Wildman–Crippen MR) is 51.2 cm³/mol. The summed E-state index contributed by atoms with van der Waals surface area (Å²) in [5.74, 6) is 0. The van der Waals surface area contributed by atoms with E-state index < -0.39 is 0 Å². The molecule has 1 heterocycles. The fourth-order valence-electron chi connectivity index (χ4n) is 1.17. The molecule has 0 unspecified atom stereocenters. The fraction of sp³-hybridized carbons (Fsp3) is 0.111. The van der Waals surface area contributed by atoms with E-state index in [1.54, 1.807) is 18.2 Å². The van der Waals surface area contributed by atoms with Crippen molar-refractivity contribution >= 4 is 28.9 Å². The lowest BCUT2D eigenvalue weighted by molar-refractivity contribution is -0.109. The molecule has 0 aliphatic carbocycles. The van der Waals surface area contributed by atoms with Gasteiger partial charge in [-0.25, -0.2) is 0 Å². The Balaban J connectivity index is 2.42. The molecular formula is C9H7NO2S. The first-order valence-corrected chi connectivity index (χ1v) is 4.65. The van der Waals surface area contributed by atoms with Crippen LogP contribution in [0.4, 0.5) is 5.69 Å². The number of hydrogen-bond donors (Lipinski definition) is 1. The molecule has 0 fully saturated rings. The first kappa shape index (κ1) is 8.31. The third-order valence-corrected chi connectivity index (χ3v) is 2.73. The van der Waals surface area contributed by atoms with Gasteiger partial charge >= 0.3 is 0 Å². The summed E-state index contributed by atoms with van der Waals surface area (Å²) in [6.07, 6.45) is 0.795. The molecule has 0 amide bonds. The predicted octanol–water partition coefficient (Wildman–Crippen LogP) is 1.54. The van der Waals surface area contributed by atoms with Crippen molar-refractivity contribution in [1.82, 2.24) is 0 Å². The largest absolute Gasteiger partial charge is 0.376 e. The van der Waals surface area contributed by atoms with Crippen molar-refractivity contribution in [2.75, 3.05) is 11.9 Å². The minimum atomic E-state index is 0.103. The summed E-state index contributed by atoms with van der Waals surface area (Å²) in [5.41, 5.74) is 1.50. The number of nitrogens with one attached hydrogen (secondary N) is 1. The number of carbonyl (C=O) groups is 2. The average molecular weight is 193 g/mol. The van der Waals surface area contributed by atoms with Gasteiger partial charge in [-0.1, -0.05) is 6.07 Å². The van der Waals surface area contributed by atoms with E-state index in [0.717, 1.165) is 16.9 Å². The molecule has 66 valence electrons. The van der Waals surface area contributed by atoms with Crippen molar-refractivity contribution in [3.63, 3.8) is 0 Å². The molecular weight excluding hydrogens is 186 g/mol. The summed E-state index contributed by atoms with van der Waals surface area (Å²) in [5, 5.41) is 3.06. The highest BCUT2D eigenvalue weighted by molar-refractivity contribution is 8.14. The van der Waals surface area contributed by atoms with Gasteiger partial charge in [0.05, 0.1) is 6.54 Å². The van der Waals surface area contributed by atoms with Gasteiger partial charge in [-0.15, -0.1) is 0 Å². The quantitative estimate of drug-likeness (QED) is 0.687. The molecule has 1 N–H and O–H groups in total. The van der Waals surface area contributed by atoms with Crippen LogP contribution in [0.3, 0.4) is 0 Å². The van der Waals surface area contributed by atoms with Crippen molar-refractivity contribution in [3.05, 3.63) is 23.8 Å². The van der Waals surface area contributed by atoms with Gasteiger partial charge in [-0.2, -0.15) is 0 Å². The van der Waals surface area contributed by atoms with Crippen LogP contribution < -0.4 is 5.32 Å². The van der Waals surface area contributed by atoms with Gasteiger partial charge in [0.15, 0.2) is 0 Å². The molecule has 0 bridgehead atoms. The molecule has 0 atom stereocenters. The van der Waals surface area contributed by atoms with Gasteiger partial charge < -0.3 is 5.32 Å². The fourth-order valence-corrected chi connectivity index (χ4v) is 1.94. The summed E-state index contributed by atoms with van der Waals surface area (Å²) < 4.78 is 0. The summed E-state index contributed by atoms with van der Waals surface area (Å²) in [6, 6.07) is 5.24. The molecule has 1 aromatic rings. The number of anilines is 1. The number of carbonyl (C=O) groups excluding carboxylic acids is 2. The molecule has 4 heteroatoms. The first-order chi connectivity index (χ1) is 6.29. The van der Waals surface area contributed by atoms with Crippen LogP contribution in [-0.4, -0.2) is 17.9 Å². The third-order valence-electron chi connectivity index (χ3n) is 1.79. The van der Waals surface area contributed by atoms with Crippen LogP contribution in [-0.2, 0) is 4.79 Å². The van der Waals surface area contributed by atoms with Crippen LogP contribution in [0.15, 0.2) is 23.1 Å². The minimum Gasteiger partial charge on any atom is -0.376 e. The Bertz CT molecular complexity index is 376. The Hall–Kier alpha value is -1.29. The second kappa shape index (κ2) is 3.22. The van der Waals surface area contributed by atoms with E-state index in [0.29, 0.717) is 12.1 Å². The highest BCUT2D eigenvalue weighted by Gasteiger charge is 2.15. The molecule has 0 spiro atoms. The van der Waals surface area contributed by atoms with E-state index >= 15 is 0 Å². The van der Waals surface area contributed by atoms with Crippen molar-refractivity contribution in [2.45, 2.75) is 4.90 Å². The SMILES string of the molecule is O=Cc1ccc2c(c1)NCC(=O)S2. The lowest BCUT2D eigenvalue weighted by atomic mass is 10.2. The topological polar surface area (TPSA) is 46.2 Å². The van der Waals surface area contributed by atoms with E-state index in [2.05, 4.69) is 5.32 Å². The van der Waals surface area contributed by atoms with Gasteiger partial charge in [0, 0.05) is 16.1 Å². The van der Waals surface area contributed by atoms with Gasteiger partial charge in [0.25, 0.3) is 0 Å². The molecule has 1 aliphatic heterocycles. The zero-order valence-corrected chi connectivity index (χ0v) is 7.56. The number of thioether (sulfide) groups is 1. The summed E-state index contributed by atoms with van der Waals surface area (Å²) in [4.78, 5) is 22.4. The molecule has 0 aromatic heterocycles. The standard InChI is InChI=1S/C9H7NO2S/c11-5-6-1-2-8-7(3-6)10-4-9(12)13-8/h1-3,5,10H,4H2. The molecule has 13 heavy (non-hydrogen) atoms. The summed E-state index contributed by atoms with van der Waals surface area (Å²) in [7, 11) is 0. The van der Waals surface area contributed by atoms with Crippen LogP contribution in [0.2, 0.25) is 0 Å². The second-order valence-corrected chi connectivity index (χ2v) is 3.80. The highest BCUT2D eigenvalue weighted by atomic mass is 32.2. The molecule has 0 saturated carbocycles. The van der Waals surface area contributed by atoms with E-state index in [1.807, 2.05) is 0 Å². The maximum absolute atomic E-state index is 11.0. The van der Waals surface area contributed by atoms with Gasteiger partial charge in [-0.3, -0.25) is 9.59 Å². The number of hydrogen-bond acceptors (Lipinski definition) is 4. The Labute approximate surface area is 79.5 Å². The molecule has 3 nitrogen and oxygen atoms in total. The lowest BCUT2D eigenvalue weighted by Crippen LogP contribution is -2.15. The minimum absolute atomic E-state index is 0.103. The third kappa shape index (κ3) is 1.58. The van der Waals surface area contributed by atoms with Crippen molar-refractivity contribution in [1.29, 1.82) is 0 Å². The Morgan fingerprint density at radius 3 is 3.08 bits per heavy atom. The van der Waals surface area contributed by atoms with Crippen LogP contribution in [0, 0.1) is 0 Å². The van der Waals surface area contributed by atoms with Crippen molar-refractivity contribution < 1.29 is 9.59 Å². The molecule has 1 aliphatic rings. The monoisotopic (exact) mass is 193 g/mol. The smallest absolute Gasteiger partial charge is 0.212 e. The zero-order valence-electron chi connectivity index (χ0n) is 6.74. The normalized spacial score (nSPS) is 14.6. The van der Waals surface area contributed by atoms with Gasteiger partial charge in [-0.05, 0) is 23.9 Å².